The first-order valence-corrected chi connectivity index (χ1v) is 9.87. The Kier molecular flexibility index (Phi) is 4.07. The smallest absolute Gasteiger partial charge is 0.273 e. The highest BCUT2D eigenvalue weighted by Gasteiger charge is 2.30. The zero-order valence-corrected chi connectivity index (χ0v) is 15.5. The van der Waals surface area contributed by atoms with Crippen molar-refractivity contribution in [1.29, 1.82) is 0 Å². The van der Waals surface area contributed by atoms with Gasteiger partial charge in [0.05, 0.1) is 18.1 Å². The molecule has 1 atom stereocenters. The van der Waals surface area contributed by atoms with Crippen molar-refractivity contribution in [2.45, 2.75) is 19.1 Å². The van der Waals surface area contributed by atoms with Crippen LogP contribution in [0, 0.1) is 0 Å². The number of hydrogen-bond acceptors (Lipinski definition) is 5. The van der Waals surface area contributed by atoms with E-state index in [0.717, 1.165) is 13.0 Å². The van der Waals surface area contributed by atoms with Crippen LogP contribution in [0.4, 0.5) is 0 Å². The first-order valence-electron chi connectivity index (χ1n) is 8.99. The highest BCUT2D eigenvalue weighted by atomic mass is 32.1. The first-order chi connectivity index (χ1) is 13.3. The highest BCUT2D eigenvalue weighted by molar-refractivity contribution is 7.10. The van der Waals surface area contributed by atoms with Crippen LogP contribution < -0.4 is 5.56 Å². The van der Waals surface area contributed by atoms with E-state index in [1.165, 1.54) is 20.7 Å². The molecule has 0 saturated carbocycles. The average Bonchev–Trinajstić information content (AvgIpc) is 3.19. The Balaban J connectivity index is 1.56. The van der Waals surface area contributed by atoms with Gasteiger partial charge in [-0.05, 0) is 41.1 Å². The summed E-state index contributed by atoms with van der Waals surface area (Å²) in [5.74, 6) is 0. The summed E-state index contributed by atoms with van der Waals surface area (Å²) in [6.45, 7) is 1.31. The molecule has 0 N–H and O–H groups in total. The number of thiophene rings is 1. The zero-order chi connectivity index (χ0) is 18.2. The van der Waals surface area contributed by atoms with Crippen molar-refractivity contribution in [3.8, 4) is 0 Å². The lowest BCUT2D eigenvalue weighted by Gasteiger charge is -2.36. The van der Waals surface area contributed by atoms with E-state index in [2.05, 4.69) is 50.9 Å². The lowest BCUT2D eigenvalue weighted by atomic mass is 9.94. The molecule has 4 aromatic rings. The van der Waals surface area contributed by atoms with Crippen molar-refractivity contribution in [2.75, 3.05) is 6.54 Å². The molecule has 1 aliphatic heterocycles. The summed E-state index contributed by atoms with van der Waals surface area (Å²) in [7, 11) is 0. The van der Waals surface area contributed by atoms with Crippen LogP contribution in [0.5, 0.6) is 0 Å². The van der Waals surface area contributed by atoms with E-state index in [9.17, 15) is 4.79 Å². The fourth-order valence-electron chi connectivity index (χ4n) is 3.83. The molecule has 1 unspecified atom stereocenters. The van der Waals surface area contributed by atoms with E-state index in [1.54, 1.807) is 0 Å². The van der Waals surface area contributed by atoms with E-state index in [4.69, 9.17) is 0 Å². The number of benzene rings is 2. The van der Waals surface area contributed by atoms with Crippen molar-refractivity contribution in [3.63, 3.8) is 0 Å². The van der Waals surface area contributed by atoms with Crippen LogP contribution in [-0.2, 0) is 13.1 Å². The molecule has 0 amide bonds. The molecule has 5 rings (SSSR count). The summed E-state index contributed by atoms with van der Waals surface area (Å²) in [4.78, 5) is 16.6. The lowest BCUT2D eigenvalue weighted by Crippen LogP contribution is -2.40. The number of hydrogen-bond donors (Lipinski definition) is 0. The first kappa shape index (κ1) is 16.4. The van der Waals surface area contributed by atoms with Gasteiger partial charge in [-0.2, -0.15) is 4.68 Å². The third-order valence-electron chi connectivity index (χ3n) is 5.13. The molecule has 5 nitrogen and oxygen atoms in total. The fraction of sp³-hybridized carbons (Fsp3) is 0.190. The van der Waals surface area contributed by atoms with Crippen LogP contribution in [0.3, 0.4) is 0 Å². The summed E-state index contributed by atoms with van der Waals surface area (Å²) in [6.07, 6.45) is 0.992. The molecular weight excluding hydrogens is 356 g/mol. The molecule has 27 heavy (non-hydrogen) atoms. The number of aromatic nitrogens is 3. The quantitative estimate of drug-likeness (QED) is 0.551. The predicted octanol–water partition coefficient (Wildman–Crippen LogP) is 3.46. The van der Waals surface area contributed by atoms with E-state index in [-0.39, 0.29) is 11.6 Å². The van der Waals surface area contributed by atoms with Gasteiger partial charge in [0.2, 0.25) is 0 Å². The molecule has 0 fully saturated rings. The third kappa shape index (κ3) is 2.87. The van der Waals surface area contributed by atoms with Crippen LogP contribution in [0.15, 0.2) is 70.8 Å². The molecule has 134 valence electrons. The van der Waals surface area contributed by atoms with Gasteiger partial charge in [0, 0.05) is 11.4 Å². The van der Waals surface area contributed by atoms with Crippen molar-refractivity contribution >= 4 is 22.2 Å². The van der Waals surface area contributed by atoms with Gasteiger partial charge in [-0.1, -0.05) is 47.7 Å². The van der Waals surface area contributed by atoms with Crippen molar-refractivity contribution < 1.29 is 0 Å². The van der Waals surface area contributed by atoms with Crippen LogP contribution in [0.1, 0.15) is 22.0 Å². The summed E-state index contributed by atoms with van der Waals surface area (Å²) < 4.78 is 1.48. The number of rotatable bonds is 3. The molecule has 0 spiro atoms. The molecule has 3 heterocycles. The maximum atomic E-state index is 12.9. The monoisotopic (exact) mass is 374 g/mol. The molecule has 0 radical (unpaired) electrons. The van der Waals surface area contributed by atoms with Gasteiger partial charge in [0.25, 0.3) is 5.56 Å². The Morgan fingerprint density at radius 1 is 1.04 bits per heavy atom. The second kappa shape index (κ2) is 6.72. The van der Waals surface area contributed by atoms with E-state index < -0.39 is 0 Å². The Morgan fingerprint density at radius 2 is 1.85 bits per heavy atom. The van der Waals surface area contributed by atoms with Gasteiger partial charge >= 0.3 is 0 Å². The minimum absolute atomic E-state index is 0.0940. The molecule has 0 bridgehead atoms. The van der Waals surface area contributed by atoms with E-state index >= 15 is 0 Å². The Bertz CT molecular complexity index is 1150. The second-order valence-corrected chi connectivity index (χ2v) is 7.73. The summed E-state index contributed by atoms with van der Waals surface area (Å²) >= 11 is 1.81. The maximum absolute atomic E-state index is 12.9. The third-order valence-corrected chi connectivity index (χ3v) is 6.12. The normalized spacial score (nSPS) is 17.1. The largest absolute Gasteiger partial charge is 0.278 e. The van der Waals surface area contributed by atoms with Crippen LogP contribution in [-0.4, -0.2) is 26.4 Å². The number of fused-ring (bicyclic) bond motifs is 2. The van der Waals surface area contributed by atoms with Crippen molar-refractivity contribution in [3.05, 3.63) is 92.4 Å². The molecule has 2 aromatic heterocycles. The van der Waals surface area contributed by atoms with E-state index in [1.807, 2.05) is 41.7 Å². The summed E-state index contributed by atoms with van der Waals surface area (Å²) in [5.41, 5.74) is 3.11. The topological polar surface area (TPSA) is 51.0 Å². The zero-order valence-electron chi connectivity index (χ0n) is 14.7. The highest BCUT2D eigenvalue weighted by Crippen LogP contribution is 2.37. The van der Waals surface area contributed by atoms with Gasteiger partial charge in [-0.15, -0.1) is 16.4 Å². The molecule has 2 aromatic carbocycles. The van der Waals surface area contributed by atoms with Gasteiger partial charge in [-0.3, -0.25) is 9.69 Å². The SMILES string of the molecule is O=c1c2ccccc2nnn1CN1CCc2sccc2C1c1ccccc1. The van der Waals surface area contributed by atoms with Gasteiger partial charge in [-0.25, -0.2) is 0 Å². The van der Waals surface area contributed by atoms with Crippen LogP contribution >= 0.6 is 11.3 Å². The summed E-state index contributed by atoms with van der Waals surface area (Å²) in [5, 5.41) is 11.2. The Hall–Kier alpha value is -2.83. The van der Waals surface area contributed by atoms with Gasteiger partial charge in [0.1, 0.15) is 5.52 Å². The lowest BCUT2D eigenvalue weighted by molar-refractivity contribution is 0.152. The second-order valence-electron chi connectivity index (χ2n) is 6.73. The van der Waals surface area contributed by atoms with Gasteiger partial charge < -0.3 is 0 Å². The molecule has 0 saturated heterocycles. The molecular formula is C21H18N4OS. The molecule has 6 heteroatoms. The minimum atomic E-state index is -0.0940. The Morgan fingerprint density at radius 3 is 2.74 bits per heavy atom. The maximum Gasteiger partial charge on any atom is 0.278 e. The van der Waals surface area contributed by atoms with Crippen LogP contribution in [0.25, 0.3) is 10.9 Å². The van der Waals surface area contributed by atoms with Crippen molar-refractivity contribution in [2.24, 2.45) is 0 Å². The molecule has 0 aliphatic carbocycles. The van der Waals surface area contributed by atoms with Crippen LogP contribution in [0.2, 0.25) is 0 Å². The van der Waals surface area contributed by atoms with Gasteiger partial charge in [0.15, 0.2) is 0 Å². The van der Waals surface area contributed by atoms with Crippen molar-refractivity contribution in [1.82, 2.24) is 19.9 Å². The average molecular weight is 374 g/mol. The minimum Gasteiger partial charge on any atom is -0.273 e. The number of nitrogens with zero attached hydrogens (tertiary/aromatic N) is 4. The standard InChI is InChI=1S/C21H18N4OS/c26-21-16-8-4-5-9-18(16)22-23-25(21)14-24-12-10-19-17(11-13-27-19)20(24)15-6-2-1-3-7-15/h1-9,11,13,20H,10,12,14H2. The summed E-state index contributed by atoms with van der Waals surface area (Å²) in [6, 6.07) is 20.2. The Labute approximate surface area is 160 Å². The predicted molar refractivity (Wildman–Crippen MR) is 107 cm³/mol. The fourth-order valence-corrected chi connectivity index (χ4v) is 4.74. The van der Waals surface area contributed by atoms with E-state index in [0.29, 0.717) is 17.6 Å². The molecule has 1 aliphatic rings.